The van der Waals surface area contributed by atoms with Crippen molar-refractivity contribution in [2.45, 2.75) is 45.2 Å². The molecule has 32 heavy (non-hydrogen) atoms. The van der Waals surface area contributed by atoms with Crippen LogP contribution in [0.25, 0.3) is 0 Å². The zero-order chi connectivity index (χ0) is 23.5. The second-order valence-corrected chi connectivity index (χ2v) is 9.17. The van der Waals surface area contributed by atoms with E-state index in [9.17, 15) is 19.2 Å². The van der Waals surface area contributed by atoms with Crippen LogP contribution in [-0.4, -0.2) is 41.8 Å². The highest BCUT2D eigenvalue weighted by Crippen LogP contribution is 2.25. The molecule has 3 rings (SSSR count). The molecule has 1 N–H and O–H groups in total. The molecule has 0 spiro atoms. The number of carbonyl (C=O) groups is 4. The molecule has 2 amide bonds. The summed E-state index contributed by atoms with van der Waals surface area (Å²) in [7, 11) is 0. The van der Waals surface area contributed by atoms with Gasteiger partial charge in [-0.15, -0.1) is 0 Å². The number of amides is 2. The molecule has 1 aliphatic rings. The van der Waals surface area contributed by atoms with E-state index in [1.54, 1.807) is 24.3 Å². The maximum atomic E-state index is 12.8. The molecule has 1 heterocycles. The summed E-state index contributed by atoms with van der Waals surface area (Å²) in [5.41, 5.74) is 0.786. The lowest BCUT2D eigenvalue weighted by atomic mass is 10.00. The first-order valence-corrected chi connectivity index (χ1v) is 11.1. The van der Waals surface area contributed by atoms with Crippen LogP contribution >= 0.6 is 15.9 Å². The molecule has 0 aliphatic carbocycles. The molecule has 0 bridgehead atoms. The molecule has 1 aliphatic heterocycles. The first-order chi connectivity index (χ1) is 15.1. The van der Waals surface area contributed by atoms with E-state index in [0.717, 1.165) is 15.8 Å². The summed E-state index contributed by atoms with van der Waals surface area (Å²) in [5.74, 6) is -1.59. The van der Waals surface area contributed by atoms with Crippen LogP contribution in [0.5, 0.6) is 0 Å². The molecule has 8 heteroatoms. The monoisotopic (exact) mass is 500 g/mol. The topological polar surface area (TPSA) is 92.8 Å². The molecule has 0 radical (unpaired) electrons. The van der Waals surface area contributed by atoms with E-state index >= 15 is 0 Å². The van der Waals surface area contributed by atoms with Crippen LogP contribution in [-0.2, 0) is 14.3 Å². The molecular weight excluding hydrogens is 476 g/mol. The average molecular weight is 501 g/mol. The largest absolute Gasteiger partial charge is 0.454 e. The Kier molecular flexibility index (Phi) is 7.26. The average Bonchev–Trinajstić information content (AvgIpc) is 3.04. The number of hydrogen-bond acceptors (Lipinski definition) is 6. The van der Waals surface area contributed by atoms with E-state index in [-0.39, 0.29) is 41.7 Å². The number of esters is 1. The van der Waals surface area contributed by atoms with E-state index in [4.69, 9.17) is 4.74 Å². The Morgan fingerprint density at radius 3 is 2.25 bits per heavy atom. The van der Waals surface area contributed by atoms with E-state index in [0.29, 0.717) is 11.3 Å². The van der Waals surface area contributed by atoms with Crippen LogP contribution < -0.4 is 10.2 Å². The quantitative estimate of drug-likeness (QED) is 0.335. The van der Waals surface area contributed by atoms with Crippen LogP contribution in [0.2, 0.25) is 0 Å². The Morgan fingerprint density at radius 2 is 1.66 bits per heavy atom. The fourth-order valence-electron chi connectivity index (χ4n) is 3.27. The van der Waals surface area contributed by atoms with Crippen molar-refractivity contribution in [2.75, 3.05) is 11.5 Å². The highest BCUT2D eigenvalue weighted by Gasteiger charge is 2.41. The van der Waals surface area contributed by atoms with Crippen molar-refractivity contribution in [2.24, 2.45) is 0 Å². The summed E-state index contributed by atoms with van der Waals surface area (Å²) in [6, 6.07) is 12.2. The van der Waals surface area contributed by atoms with Crippen molar-refractivity contribution >= 4 is 45.2 Å². The van der Waals surface area contributed by atoms with E-state index in [1.807, 2.05) is 20.8 Å². The third-order valence-corrected chi connectivity index (χ3v) is 5.99. The van der Waals surface area contributed by atoms with Gasteiger partial charge in [-0.3, -0.25) is 14.4 Å². The lowest BCUT2D eigenvalue weighted by Gasteiger charge is -2.27. The highest BCUT2D eigenvalue weighted by molar-refractivity contribution is 9.10. The minimum absolute atomic E-state index is 0.0875. The Labute approximate surface area is 195 Å². The van der Waals surface area contributed by atoms with Crippen molar-refractivity contribution < 1.29 is 23.9 Å². The van der Waals surface area contributed by atoms with Gasteiger partial charge >= 0.3 is 5.97 Å². The fraction of sp³-hybridized carbons (Fsp3) is 0.333. The summed E-state index contributed by atoms with van der Waals surface area (Å²) in [4.78, 5) is 50.8. The molecule has 7 nitrogen and oxygen atoms in total. The molecule has 1 fully saturated rings. The number of carbonyl (C=O) groups excluding carboxylic acids is 4. The van der Waals surface area contributed by atoms with Crippen LogP contribution in [0.1, 0.15) is 54.3 Å². The Bertz CT molecular complexity index is 1030. The predicted octanol–water partition coefficient (Wildman–Crippen LogP) is 3.90. The minimum atomic E-state index is -0.662. The number of hydrogen-bond donors (Lipinski definition) is 1. The third-order valence-electron chi connectivity index (χ3n) is 5.46. The van der Waals surface area contributed by atoms with Gasteiger partial charge in [0.2, 0.25) is 5.91 Å². The van der Waals surface area contributed by atoms with Crippen molar-refractivity contribution in [3.8, 4) is 0 Å². The number of nitrogens with one attached hydrogen (secondary N) is 1. The van der Waals surface area contributed by atoms with E-state index in [2.05, 4.69) is 21.2 Å². The number of Topliss-reactive ketones (excluding diaryl/α,β-unsaturated/α-hetero) is 1. The first kappa shape index (κ1) is 23.8. The molecule has 1 atom stereocenters. The molecule has 1 unspecified atom stereocenters. The number of halogens is 1. The number of ketones is 1. The van der Waals surface area contributed by atoms with Crippen molar-refractivity contribution in [1.82, 2.24) is 5.32 Å². The summed E-state index contributed by atoms with van der Waals surface area (Å²) in [6.45, 7) is 5.59. The van der Waals surface area contributed by atoms with Gasteiger partial charge in [-0.05, 0) is 56.7 Å². The second kappa shape index (κ2) is 9.75. The second-order valence-electron chi connectivity index (χ2n) is 8.26. The van der Waals surface area contributed by atoms with Gasteiger partial charge in [0.05, 0.1) is 23.7 Å². The lowest BCUT2D eigenvalue weighted by Crippen LogP contribution is -2.49. The van der Waals surface area contributed by atoms with Crippen LogP contribution in [0.15, 0.2) is 53.0 Å². The number of benzene rings is 2. The SMILES string of the molecule is CCC(C)(C)NC1CC(=O)N(c2ccc(C(=O)OCC(=O)c3ccc(Br)cc3)cc2)C1=O. The van der Waals surface area contributed by atoms with Gasteiger partial charge in [0.25, 0.3) is 5.91 Å². The number of nitrogens with zero attached hydrogens (tertiary/aromatic N) is 1. The molecule has 2 aromatic rings. The lowest BCUT2D eigenvalue weighted by molar-refractivity contribution is -0.121. The Hall–Kier alpha value is -2.84. The highest BCUT2D eigenvalue weighted by atomic mass is 79.9. The number of imide groups is 1. The Balaban J connectivity index is 1.62. The van der Waals surface area contributed by atoms with Gasteiger partial charge < -0.3 is 10.1 Å². The normalized spacial score (nSPS) is 16.4. The zero-order valence-electron chi connectivity index (χ0n) is 18.2. The van der Waals surface area contributed by atoms with Gasteiger partial charge in [0, 0.05) is 15.6 Å². The maximum Gasteiger partial charge on any atom is 0.338 e. The fourth-order valence-corrected chi connectivity index (χ4v) is 3.53. The maximum absolute atomic E-state index is 12.8. The summed E-state index contributed by atoms with van der Waals surface area (Å²) in [6.07, 6.45) is 0.899. The molecule has 0 aromatic heterocycles. The molecule has 1 saturated heterocycles. The molecular formula is C24H25BrN2O5. The summed E-state index contributed by atoms with van der Waals surface area (Å²) < 4.78 is 5.95. The summed E-state index contributed by atoms with van der Waals surface area (Å²) >= 11 is 3.30. The van der Waals surface area contributed by atoms with Gasteiger partial charge in [-0.2, -0.15) is 0 Å². The molecule has 0 saturated carbocycles. The van der Waals surface area contributed by atoms with E-state index < -0.39 is 12.0 Å². The number of anilines is 1. The molecule has 168 valence electrons. The smallest absolute Gasteiger partial charge is 0.338 e. The van der Waals surface area contributed by atoms with E-state index in [1.165, 1.54) is 24.3 Å². The third kappa shape index (κ3) is 5.49. The van der Waals surface area contributed by atoms with Crippen molar-refractivity contribution in [3.63, 3.8) is 0 Å². The standard InChI is InChI=1S/C24H25BrN2O5/c1-4-24(2,3)26-19-13-21(29)27(22(19)30)18-11-7-16(8-12-18)23(31)32-14-20(28)15-5-9-17(25)10-6-15/h5-12,19,26H,4,13-14H2,1-3H3. The predicted molar refractivity (Wildman–Crippen MR) is 124 cm³/mol. The van der Waals surface area contributed by atoms with Crippen molar-refractivity contribution in [3.05, 3.63) is 64.1 Å². The van der Waals surface area contributed by atoms with Gasteiger partial charge in [0.15, 0.2) is 12.4 Å². The Morgan fingerprint density at radius 1 is 1.06 bits per heavy atom. The summed E-state index contributed by atoms with van der Waals surface area (Å²) in [5, 5.41) is 3.24. The zero-order valence-corrected chi connectivity index (χ0v) is 19.8. The van der Waals surface area contributed by atoms with Crippen molar-refractivity contribution in [1.29, 1.82) is 0 Å². The minimum Gasteiger partial charge on any atom is -0.454 e. The van der Waals surface area contributed by atoms with Gasteiger partial charge in [-0.25, -0.2) is 9.69 Å². The van der Waals surface area contributed by atoms with Gasteiger partial charge in [0.1, 0.15) is 0 Å². The number of ether oxygens (including phenoxy) is 1. The van der Waals surface area contributed by atoms with Crippen LogP contribution in [0, 0.1) is 0 Å². The van der Waals surface area contributed by atoms with Crippen LogP contribution in [0.3, 0.4) is 0 Å². The van der Waals surface area contributed by atoms with Gasteiger partial charge in [-0.1, -0.05) is 35.0 Å². The van der Waals surface area contributed by atoms with Crippen LogP contribution in [0.4, 0.5) is 5.69 Å². The first-order valence-electron chi connectivity index (χ1n) is 10.3. The molecule has 2 aromatic carbocycles. The number of rotatable bonds is 8.